The zero-order valence-corrected chi connectivity index (χ0v) is 10.5. The minimum absolute atomic E-state index is 0.571. The van der Waals surface area contributed by atoms with Crippen molar-refractivity contribution in [1.29, 1.82) is 5.26 Å². The largest absolute Gasteiger partial charge is 0.397 e. The van der Waals surface area contributed by atoms with Gasteiger partial charge in [-0.05, 0) is 18.2 Å². The molecule has 18 heavy (non-hydrogen) atoms. The molecule has 1 heterocycles. The summed E-state index contributed by atoms with van der Waals surface area (Å²) in [7, 11) is 3.91. The molecule has 92 valence electrons. The number of nitrogens with two attached hydrogens (primary N) is 1. The molecule has 2 N–H and O–H groups in total. The van der Waals surface area contributed by atoms with E-state index >= 15 is 0 Å². The predicted molar refractivity (Wildman–Crippen MR) is 70.9 cm³/mol. The molecule has 0 aliphatic heterocycles. The third kappa shape index (κ3) is 2.28. The normalized spacial score (nSPS) is 10.1. The summed E-state index contributed by atoms with van der Waals surface area (Å²) in [6, 6.07) is 7.38. The van der Waals surface area contributed by atoms with Gasteiger partial charge in [0.1, 0.15) is 5.82 Å². The van der Waals surface area contributed by atoms with E-state index < -0.39 is 0 Å². The van der Waals surface area contributed by atoms with Crippen LogP contribution in [0.3, 0.4) is 0 Å². The van der Waals surface area contributed by atoms with Crippen molar-refractivity contribution in [2.45, 2.75) is 6.54 Å². The second-order valence-electron chi connectivity index (χ2n) is 4.20. The van der Waals surface area contributed by atoms with Crippen LogP contribution >= 0.6 is 0 Å². The van der Waals surface area contributed by atoms with E-state index in [1.54, 1.807) is 18.3 Å². The van der Waals surface area contributed by atoms with Crippen molar-refractivity contribution in [3.05, 3.63) is 42.0 Å². The standard InChI is InChI=1S/C13H15N5/c1-17-6-5-16-13(17)9-18(2)12-4-3-10(8-14)7-11(12)15/h3-7H,9,15H2,1-2H3. The maximum absolute atomic E-state index is 8.80. The monoisotopic (exact) mass is 241 g/mol. The SMILES string of the molecule is CN(Cc1nccn1C)c1ccc(C#N)cc1N. The van der Waals surface area contributed by atoms with Crippen LogP contribution in [-0.2, 0) is 13.6 Å². The molecule has 0 aliphatic rings. The van der Waals surface area contributed by atoms with Crippen LogP contribution in [0, 0.1) is 11.3 Å². The highest BCUT2D eigenvalue weighted by molar-refractivity contribution is 5.69. The van der Waals surface area contributed by atoms with Crippen LogP contribution in [0.15, 0.2) is 30.6 Å². The molecule has 0 fully saturated rings. The van der Waals surface area contributed by atoms with Gasteiger partial charge in [0.25, 0.3) is 0 Å². The summed E-state index contributed by atoms with van der Waals surface area (Å²) >= 11 is 0. The van der Waals surface area contributed by atoms with Gasteiger partial charge in [0.2, 0.25) is 0 Å². The number of anilines is 2. The maximum atomic E-state index is 8.80. The fourth-order valence-electron chi connectivity index (χ4n) is 1.82. The van der Waals surface area contributed by atoms with Crippen LogP contribution in [0.4, 0.5) is 11.4 Å². The first-order valence-corrected chi connectivity index (χ1v) is 5.59. The first kappa shape index (κ1) is 12.0. The molecule has 1 aromatic heterocycles. The molecule has 5 heteroatoms. The summed E-state index contributed by atoms with van der Waals surface area (Å²) in [5.74, 6) is 0.959. The van der Waals surface area contributed by atoms with E-state index in [4.69, 9.17) is 11.0 Å². The molecule has 0 radical (unpaired) electrons. The topological polar surface area (TPSA) is 70.9 Å². The molecule has 2 aromatic rings. The summed E-state index contributed by atoms with van der Waals surface area (Å²) in [5, 5.41) is 8.80. The molecule has 0 saturated heterocycles. The van der Waals surface area contributed by atoms with E-state index in [-0.39, 0.29) is 0 Å². The number of aromatic nitrogens is 2. The number of nitrogens with zero attached hydrogens (tertiary/aromatic N) is 4. The number of hydrogen-bond donors (Lipinski definition) is 1. The first-order valence-electron chi connectivity index (χ1n) is 5.59. The Bertz CT molecular complexity index is 594. The molecular weight excluding hydrogens is 226 g/mol. The lowest BCUT2D eigenvalue weighted by Crippen LogP contribution is -2.20. The van der Waals surface area contributed by atoms with E-state index in [9.17, 15) is 0 Å². The van der Waals surface area contributed by atoms with Gasteiger partial charge >= 0.3 is 0 Å². The third-order valence-corrected chi connectivity index (χ3v) is 2.87. The lowest BCUT2D eigenvalue weighted by molar-refractivity contribution is 0.762. The van der Waals surface area contributed by atoms with E-state index in [1.165, 1.54) is 0 Å². The van der Waals surface area contributed by atoms with Gasteiger partial charge in [-0.2, -0.15) is 5.26 Å². The van der Waals surface area contributed by atoms with Crippen LogP contribution in [0.5, 0.6) is 0 Å². The average Bonchev–Trinajstić information content (AvgIpc) is 2.74. The number of benzene rings is 1. The molecule has 0 spiro atoms. The van der Waals surface area contributed by atoms with E-state index in [0.717, 1.165) is 11.5 Å². The average molecular weight is 241 g/mol. The zero-order valence-electron chi connectivity index (χ0n) is 10.5. The van der Waals surface area contributed by atoms with Gasteiger partial charge in [0.15, 0.2) is 0 Å². The van der Waals surface area contributed by atoms with Gasteiger partial charge in [-0.25, -0.2) is 4.98 Å². The summed E-state index contributed by atoms with van der Waals surface area (Å²) in [4.78, 5) is 6.29. The number of imidazole rings is 1. The summed E-state index contributed by atoms with van der Waals surface area (Å²) < 4.78 is 1.97. The van der Waals surface area contributed by atoms with Gasteiger partial charge in [-0.1, -0.05) is 0 Å². The second kappa shape index (κ2) is 4.80. The lowest BCUT2D eigenvalue weighted by atomic mass is 10.2. The molecule has 0 saturated carbocycles. The van der Waals surface area contributed by atoms with Gasteiger partial charge in [-0.15, -0.1) is 0 Å². The molecule has 1 aromatic carbocycles. The molecule has 0 atom stereocenters. The first-order chi connectivity index (χ1) is 8.61. The molecule has 0 amide bonds. The summed E-state index contributed by atoms with van der Waals surface area (Å²) in [6.07, 6.45) is 3.68. The quantitative estimate of drug-likeness (QED) is 0.827. The molecule has 0 aliphatic carbocycles. The van der Waals surface area contributed by atoms with E-state index in [0.29, 0.717) is 17.8 Å². The Morgan fingerprint density at radius 3 is 2.83 bits per heavy atom. The number of aryl methyl sites for hydroxylation is 1. The van der Waals surface area contributed by atoms with Crippen molar-refractivity contribution in [1.82, 2.24) is 9.55 Å². The minimum Gasteiger partial charge on any atom is -0.397 e. The highest BCUT2D eigenvalue weighted by atomic mass is 15.2. The van der Waals surface area contributed by atoms with E-state index in [1.807, 2.05) is 35.8 Å². The fourth-order valence-corrected chi connectivity index (χ4v) is 1.82. The maximum Gasteiger partial charge on any atom is 0.127 e. The molecule has 5 nitrogen and oxygen atoms in total. The number of hydrogen-bond acceptors (Lipinski definition) is 4. The zero-order chi connectivity index (χ0) is 13.1. The highest BCUT2D eigenvalue weighted by Gasteiger charge is 2.09. The van der Waals surface area contributed by atoms with Gasteiger partial charge in [0.05, 0.1) is 29.6 Å². The van der Waals surface area contributed by atoms with Crippen molar-refractivity contribution >= 4 is 11.4 Å². The Hall–Kier alpha value is -2.48. The number of rotatable bonds is 3. The molecular formula is C13H15N5. The Labute approximate surface area is 106 Å². The Morgan fingerprint density at radius 2 is 2.28 bits per heavy atom. The van der Waals surface area contributed by atoms with Crippen molar-refractivity contribution in [3.63, 3.8) is 0 Å². The number of nitrogen functional groups attached to an aromatic ring is 1. The van der Waals surface area contributed by atoms with E-state index in [2.05, 4.69) is 11.1 Å². The van der Waals surface area contributed by atoms with Gasteiger partial charge in [0, 0.05) is 26.5 Å². The lowest BCUT2D eigenvalue weighted by Gasteiger charge is -2.20. The molecule has 0 bridgehead atoms. The Morgan fingerprint density at radius 1 is 1.50 bits per heavy atom. The van der Waals surface area contributed by atoms with Crippen LogP contribution in [0.1, 0.15) is 11.4 Å². The smallest absolute Gasteiger partial charge is 0.127 e. The molecule has 2 rings (SSSR count). The van der Waals surface area contributed by atoms with Crippen LogP contribution in [-0.4, -0.2) is 16.6 Å². The Kier molecular flexibility index (Phi) is 3.20. The van der Waals surface area contributed by atoms with Crippen molar-refractivity contribution in [2.75, 3.05) is 17.7 Å². The summed E-state index contributed by atoms with van der Waals surface area (Å²) in [6.45, 7) is 0.666. The van der Waals surface area contributed by atoms with Gasteiger partial charge < -0.3 is 15.2 Å². The van der Waals surface area contributed by atoms with Crippen molar-refractivity contribution in [2.24, 2.45) is 7.05 Å². The van der Waals surface area contributed by atoms with Crippen molar-refractivity contribution in [3.8, 4) is 6.07 Å². The van der Waals surface area contributed by atoms with Crippen LogP contribution in [0.2, 0.25) is 0 Å². The second-order valence-corrected chi connectivity index (χ2v) is 4.20. The predicted octanol–water partition coefficient (Wildman–Crippen LogP) is 1.51. The minimum atomic E-state index is 0.571. The van der Waals surface area contributed by atoms with Crippen LogP contribution in [0.25, 0.3) is 0 Å². The number of nitriles is 1. The fraction of sp³-hybridized carbons (Fsp3) is 0.231. The van der Waals surface area contributed by atoms with Crippen LogP contribution < -0.4 is 10.6 Å². The highest BCUT2D eigenvalue weighted by Crippen LogP contribution is 2.24. The Balaban J connectivity index is 2.22. The van der Waals surface area contributed by atoms with Crippen molar-refractivity contribution < 1.29 is 0 Å². The molecule has 0 unspecified atom stereocenters. The van der Waals surface area contributed by atoms with Gasteiger partial charge in [-0.3, -0.25) is 0 Å². The summed E-state index contributed by atoms with van der Waals surface area (Å²) in [5.41, 5.74) is 8.02. The third-order valence-electron chi connectivity index (χ3n) is 2.87.